The largest absolute Gasteiger partial charge is 0.498 e. The van der Waals surface area contributed by atoms with Gasteiger partial charge in [0.15, 0.2) is 0 Å². The van der Waals surface area contributed by atoms with Crippen LogP contribution in [-0.2, 0) is 15.9 Å². The van der Waals surface area contributed by atoms with Crippen molar-refractivity contribution >= 4 is 12.6 Å². The highest BCUT2D eigenvalue weighted by atomic mass is 19.3. The second-order valence-corrected chi connectivity index (χ2v) is 7.58. The van der Waals surface area contributed by atoms with Gasteiger partial charge in [-0.3, -0.25) is 4.68 Å². The normalized spacial score (nSPS) is 25.5. The van der Waals surface area contributed by atoms with Crippen LogP contribution in [0.3, 0.4) is 0 Å². The molecule has 0 aromatic carbocycles. The third-order valence-electron chi connectivity index (χ3n) is 5.47. The minimum absolute atomic E-state index is 0.254. The maximum absolute atomic E-state index is 13.2. The van der Waals surface area contributed by atoms with Gasteiger partial charge in [0.05, 0.1) is 23.2 Å². The monoisotopic (exact) mass is 312 g/mol. The number of nitrogens with zero attached hydrogens (tertiary/aromatic N) is 2. The van der Waals surface area contributed by atoms with E-state index in [0.29, 0.717) is 12.8 Å². The molecule has 1 saturated carbocycles. The lowest BCUT2D eigenvalue weighted by Gasteiger charge is -2.40. The van der Waals surface area contributed by atoms with E-state index in [2.05, 4.69) is 5.10 Å². The van der Waals surface area contributed by atoms with Crippen LogP contribution in [0, 0.1) is 5.41 Å². The maximum Gasteiger partial charge on any atom is 0.498 e. The van der Waals surface area contributed by atoms with E-state index in [1.165, 1.54) is 0 Å². The summed E-state index contributed by atoms with van der Waals surface area (Å²) in [5.74, 6) is 0. The van der Waals surface area contributed by atoms with Crippen molar-refractivity contribution in [2.45, 2.75) is 71.1 Å². The van der Waals surface area contributed by atoms with Gasteiger partial charge in [-0.15, -0.1) is 0 Å². The highest BCUT2D eigenvalue weighted by Crippen LogP contribution is 2.47. The fourth-order valence-electron chi connectivity index (χ4n) is 2.97. The maximum atomic E-state index is 13.2. The Morgan fingerprint density at radius 2 is 1.82 bits per heavy atom. The van der Waals surface area contributed by atoms with Crippen LogP contribution in [-0.4, -0.2) is 34.5 Å². The van der Waals surface area contributed by atoms with Crippen LogP contribution in [0.1, 0.15) is 47.0 Å². The number of halogens is 2. The molecule has 22 heavy (non-hydrogen) atoms. The van der Waals surface area contributed by atoms with E-state index >= 15 is 0 Å². The molecule has 0 N–H and O–H groups in total. The molecule has 1 aliphatic heterocycles. The summed E-state index contributed by atoms with van der Waals surface area (Å²) in [5, 5.41) is 4.23. The average molecular weight is 312 g/mol. The SMILES string of the molecule is CC1(C)OB(c2cnn(CC3(C(F)F)CCC3)c2)OC1(C)C. The van der Waals surface area contributed by atoms with Crippen molar-refractivity contribution in [2.75, 3.05) is 0 Å². The molecule has 4 nitrogen and oxygen atoms in total. The molecular formula is C15H23BF2N2O2. The first kappa shape index (κ1) is 15.9. The summed E-state index contributed by atoms with van der Waals surface area (Å²) >= 11 is 0. The first-order valence-corrected chi connectivity index (χ1v) is 7.81. The third-order valence-corrected chi connectivity index (χ3v) is 5.47. The summed E-state index contributed by atoms with van der Waals surface area (Å²) in [7, 11) is -0.498. The Labute approximate surface area is 130 Å². The van der Waals surface area contributed by atoms with E-state index in [-0.39, 0.29) is 6.54 Å². The highest BCUT2D eigenvalue weighted by molar-refractivity contribution is 6.61. The number of aromatic nitrogens is 2. The Balaban J connectivity index is 1.73. The smallest absolute Gasteiger partial charge is 0.399 e. The summed E-state index contributed by atoms with van der Waals surface area (Å²) in [6.07, 6.45) is 3.12. The summed E-state index contributed by atoms with van der Waals surface area (Å²) in [5.41, 5.74) is -0.961. The van der Waals surface area contributed by atoms with E-state index in [9.17, 15) is 8.78 Å². The number of hydrogen-bond acceptors (Lipinski definition) is 3. The van der Waals surface area contributed by atoms with Crippen LogP contribution in [0.5, 0.6) is 0 Å². The van der Waals surface area contributed by atoms with Gasteiger partial charge in [-0.1, -0.05) is 6.42 Å². The van der Waals surface area contributed by atoms with Crippen molar-refractivity contribution in [3.05, 3.63) is 12.4 Å². The molecule has 1 saturated heterocycles. The molecular weight excluding hydrogens is 289 g/mol. The molecule has 0 atom stereocenters. The molecule has 2 fully saturated rings. The Kier molecular flexibility index (Phi) is 3.64. The van der Waals surface area contributed by atoms with Gasteiger partial charge in [-0.2, -0.15) is 5.10 Å². The van der Waals surface area contributed by atoms with Gasteiger partial charge in [0, 0.05) is 17.9 Å². The predicted molar refractivity (Wildman–Crippen MR) is 80.2 cm³/mol. The zero-order valence-electron chi connectivity index (χ0n) is 13.6. The highest BCUT2D eigenvalue weighted by Gasteiger charge is 2.52. The molecule has 3 rings (SSSR count). The quantitative estimate of drug-likeness (QED) is 0.802. The molecule has 0 spiro atoms. The van der Waals surface area contributed by atoms with Crippen LogP contribution in [0.25, 0.3) is 0 Å². The van der Waals surface area contributed by atoms with E-state index in [1.807, 2.05) is 27.7 Å². The van der Waals surface area contributed by atoms with E-state index < -0.39 is 30.2 Å². The van der Waals surface area contributed by atoms with Gasteiger partial charge >= 0.3 is 7.12 Å². The zero-order valence-corrected chi connectivity index (χ0v) is 13.6. The Bertz CT molecular complexity index is 539. The van der Waals surface area contributed by atoms with Gasteiger partial charge in [-0.05, 0) is 40.5 Å². The standard InChI is InChI=1S/C15H23BF2N2O2/c1-13(2)14(3,4)22-16(21-13)11-8-19-20(9-11)10-15(12(17)18)6-5-7-15/h8-9,12H,5-7,10H2,1-4H3. The lowest BCUT2D eigenvalue weighted by molar-refractivity contribution is -0.0736. The summed E-state index contributed by atoms with van der Waals surface area (Å²) in [6, 6.07) is 0. The first-order valence-electron chi connectivity index (χ1n) is 7.81. The molecule has 2 heterocycles. The van der Waals surface area contributed by atoms with Crippen molar-refractivity contribution in [3.63, 3.8) is 0 Å². The molecule has 1 aromatic heterocycles. The van der Waals surface area contributed by atoms with Crippen molar-refractivity contribution in [2.24, 2.45) is 5.41 Å². The van der Waals surface area contributed by atoms with Crippen molar-refractivity contribution in [3.8, 4) is 0 Å². The lowest BCUT2D eigenvalue weighted by Crippen LogP contribution is -2.41. The zero-order chi connectivity index (χ0) is 16.2. The number of rotatable bonds is 4. The molecule has 1 aromatic rings. The lowest BCUT2D eigenvalue weighted by atomic mass is 9.69. The van der Waals surface area contributed by atoms with Crippen LogP contribution in [0.2, 0.25) is 0 Å². The molecule has 122 valence electrons. The molecule has 2 aliphatic rings. The number of hydrogen-bond donors (Lipinski definition) is 0. The Hall–Kier alpha value is -0.945. The van der Waals surface area contributed by atoms with E-state index in [0.717, 1.165) is 11.9 Å². The molecule has 0 bridgehead atoms. The number of alkyl halides is 2. The summed E-state index contributed by atoms with van der Waals surface area (Å²) in [4.78, 5) is 0. The second-order valence-electron chi connectivity index (χ2n) is 7.58. The minimum Gasteiger partial charge on any atom is -0.399 e. The van der Waals surface area contributed by atoms with Gasteiger partial charge < -0.3 is 9.31 Å². The minimum atomic E-state index is -2.30. The molecule has 7 heteroatoms. The molecule has 0 amide bonds. The fraction of sp³-hybridized carbons (Fsp3) is 0.800. The fourth-order valence-corrected chi connectivity index (χ4v) is 2.97. The van der Waals surface area contributed by atoms with Gasteiger partial charge in [0.25, 0.3) is 0 Å². The second kappa shape index (κ2) is 5.03. The molecule has 0 unspecified atom stereocenters. The van der Waals surface area contributed by atoms with Crippen molar-refractivity contribution < 1.29 is 18.1 Å². The van der Waals surface area contributed by atoms with Gasteiger partial charge in [0.2, 0.25) is 6.43 Å². The van der Waals surface area contributed by atoms with Crippen molar-refractivity contribution in [1.82, 2.24) is 9.78 Å². The summed E-state index contributed by atoms with van der Waals surface area (Å²) in [6.45, 7) is 8.19. The van der Waals surface area contributed by atoms with Crippen molar-refractivity contribution in [1.29, 1.82) is 0 Å². The Morgan fingerprint density at radius 1 is 1.23 bits per heavy atom. The third kappa shape index (κ3) is 2.48. The van der Waals surface area contributed by atoms with Crippen LogP contribution in [0.15, 0.2) is 12.4 Å². The topological polar surface area (TPSA) is 36.3 Å². The van der Waals surface area contributed by atoms with Gasteiger partial charge in [-0.25, -0.2) is 8.78 Å². The average Bonchev–Trinajstić information content (AvgIpc) is 2.87. The summed E-state index contributed by atoms with van der Waals surface area (Å²) < 4.78 is 40.0. The Morgan fingerprint density at radius 3 is 2.27 bits per heavy atom. The van der Waals surface area contributed by atoms with Crippen LogP contribution >= 0.6 is 0 Å². The van der Waals surface area contributed by atoms with E-state index in [4.69, 9.17) is 9.31 Å². The van der Waals surface area contributed by atoms with Crippen LogP contribution in [0.4, 0.5) is 8.78 Å². The van der Waals surface area contributed by atoms with Gasteiger partial charge in [0.1, 0.15) is 0 Å². The molecule has 0 radical (unpaired) electrons. The molecule has 1 aliphatic carbocycles. The van der Waals surface area contributed by atoms with Crippen LogP contribution < -0.4 is 5.46 Å². The van der Waals surface area contributed by atoms with E-state index in [1.54, 1.807) is 17.1 Å². The first-order chi connectivity index (χ1) is 10.2. The predicted octanol–water partition coefficient (Wildman–Crippen LogP) is 2.62.